The first-order valence-electron chi connectivity index (χ1n) is 8.04. The molecule has 0 aliphatic rings. The topological polar surface area (TPSA) is 62.7 Å². The van der Waals surface area contributed by atoms with Crippen molar-refractivity contribution in [1.29, 1.82) is 0 Å². The normalized spacial score (nSPS) is 11.3. The maximum atomic E-state index is 14.1. The molecule has 0 atom stereocenters. The second-order valence-electron chi connectivity index (χ2n) is 5.52. The van der Waals surface area contributed by atoms with E-state index in [0.29, 0.717) is 17.8 Å². The molecule has 0 fully saturated rings. The van der Waals surface area contributed by atoms with Gasteiger partial charge in [0.1, 0.15) is 11.6 Å². The molecule has 5 nitrogen and oxygen atoms in total. The molecular weight excluding hydrogens is 362 g/mol. The molecule has 0 saturated carbocycles. The van der Waals surface area contributed by atoms with Gasteiger partial charge in [-0.05, 0) is 31.2 Å². The van der Waals surface area contributed by atoms with Gasteiger partial charge in [-0.1, -0.05) is 6.07 Å². The first kappa shape index (κ1) is 18.6. The van der Waals surface area contributed by atoms with Gasteiger partial charge in [0.2, 0.25) is 5.95 Å². The van der Waals surface area contributed by atoms with Crippen LogP contribution < -0.4 is 10.6 Å². The van der Waals surface area contributed by atoms with Gasteiger partial charge in [-0.2, -0.15) is 18.2 Å². The van der Waals surface area contributed by atoms with Gasteiger partial charge in [-0.15, -0.1) is 0 Å². The van der Waals surface area contributed by atoms with Crippen molar-refractivity contribution in [3.8, 4) is 11.3 Å². The van der Waals surface area contributed by atoms with Gasteiger partial charge in [0.25, 0.3) is 0 Å². The molecule has 0 aliphatic carbocycles. The lowest BCUT2D eigenvalue weighted by Gasteiger charge is -2.16. The van der Waals surface area contributed by atoms with Gasteiger partial charge in [-0.25, -0.2) is 9.37 Å². The number of nitrogens with zero attached hydrogens (tertiary/aromatic N) is 3. The lowest BCUT2D eigenvalue weighted by Crippen LogP contribution is -2.11. The average molecular weight is 377 g/mol. The Morgan fingerprint density at radius 3 is 2.56 bits per heavy atom. The number of rotatable bonds is 5. The Hall–Kier alpha value is -3.23. The Morgan fingerprint density at radius 1 is 1.07 bits per heavy atom. The third kappa shape index (κ3) is 4.30. The van der Waals surface area contributed by atoms with Crippen LogP contribution in [0.25, 0.3) is 11.3 Å². The number of nitrogens with one attached hydrogen (secondary N) is 2. The minimum atomic E-state index is -4.71. The van der Waals surface area contributed by atoms with Crippen LogP contribution in [0.2, 0.25) is 0 Å². The highest BCUT2D eigenvalue weighted by molar-refractivity contribution is 5.68. The minimum absolute atomic E-state index is 0.0235. The standard InChI is InChI=1S/C18H15F4N5/c1-2-24-17-25-14(11-5-4-8-23-10-11)9-15(27-17)26-16-12(18(20,21)22)6-3-7-13(16)19/h3-10H,2H2,1H3,(H2,24,25,26,27). The summed E-state index contributed by atoms with van der Waals surface area (Å²) in [5.41, 5.74) is -0.731. The largest absolute Gasteiger partial charge is 0.418 e. The van der Waals surface area contributed by atoms with Crippen molar-refractivity contribution in [2.45, 2.75) is 13.1 Å². The summed E-state index contributed by atoms with van der Waals surface area (Å²) in [5, 5.41) is 5.35. The molecule has 140 valence electrons. The van der Waals surface area contributed by atoms with Crippen molar-refractivity contribution < 1.29 is 17.6 Å². The molecule has 0 saturated heterocycles. The Balaban J connectivity index is 2.07. The summed E-state index contributed by atoms with van der Waals surface area (Å²) < 4.78 is 53.8. The summed E-state index contributed by atoms with van der Waals surface area (Å²) >= 11 is 0. The molecular formula is C18H15F4N5. The molecule has 0 amide bonds. The predicted octanol–water partition coefficient (Wildman–Crippen LogP) is 4.87. The molecule has 3 rings (SSSR count). The van der Waals surface area contributed by atoms with Crippen LogP contribution in [0.15, 0.2) is 48.8 Å². The Kier molecular flexibility index (Phi) is 5.20. The molecule has 1 aromatic carbocycles. The number of halogens is 4. The maximum absolute atomic E-state index is 14.1. The van der Waals surface area contributed by atoms with E-state index in [9.17, 15) is 17.6 Å². The molecule has 27 heavy (non-hydrogen) atoms. The fourth-order valence-electron chi connectivity index (χ4n) is 2.43. The summed E-state index contributed by atoms with van der Waals surface area (Å²) in [5.74, 6) is -0.807. The van der Waals surface area contributed by atoms with E-state index in [1.165, 1.54) is 6.07 Å². The van der Waals surface area contributed by atoms with E-state index in [-0.39, 0.29) is 11.8 Å². The number of anilines is 3. The van der Waals surface area contributed by atoms with Crippen molar-refractivity contribution in [3.05, 3.63) is 60.2 Å². The smallest absolute Gasteiger partial charge is 0.354 e. The summed E-state index contributed by atoms with van der Waals surface area (Å²) in [6.45, 7) is 2.33. The molecule has 0 unspecified atom stereocenters. The van der Waals surface area contributed by atoms with Crippen molar-refractivity contribution in [3.63, 3.8) is 0 Å². The molecule has 2 N–H and O–H groups in total. The monoisotopic (exact) mass is 377 g/mol. The lowest BCUT2D eigenvalue weighted by molar-refractivity contribution is -0.137. The van der Waals surface area contributed by atoms with Crippen molar-refractivity contribution >= 4 is 17.5 Å². The molecule has 2 heterocycles. The van der Waals surface area contributed by atoms with E-state index in [1.807, 2.05) is 6.92 Å². The number of para-hydroxylation sites is 1. The maximum Gasteiger partial charge on any atom is 0.418 e. The van der Waals surface area contributed by atoms with Crippen LogP contribution >= 0.6 is 0 Å². The van der Waals surface area contributed by atoms with Crippen LogP contribution in [-0.4, -0.2) is 21.5 Å². The third-order valence-corrected chi connectivity index (χ3v) is 3.59. The molecule has 0 spiro atoms. The highest BCUT2D eigenvalue weighted by Gasteiger charge is 2.35. The van der Waals surface area contributed by atoms with E-state index >= 15 is 0 Å². The van der Waals surface area contributed by atoms with Crippen LogP contribution in [0.5, 0.6) is 0 Å². The fraction of sp³-hybridized carbons (Fsp3) is 0.167. The SMILES string of the molecule is CCNc1nc(Nc2c(F)cccc2C(F)(F)F)cc(-c2cccnc2)n1. The van der Waals surface area contributed by atoms with Crippen LogP contribution in [0, 0.1) is 5.82 Å². The van der Waals surface area contributed by atoms with Crippen molar-refractivity contribution in [2.24, 2.45) is 0 Å². The van der Waals surface area contributed by atoms with Crippen LogP contribution in [0.1, 0.15) is 12.5 Å². The third-order valence-electron chi connectivity index (χ3n) is 3.59. The van der Waals surface area contributed by atoms with Gasteiger partial charge in [0.15, 0.2) is 0 Å². The van der Waals surface area contributed by atoms with Gasteiger partial charge < -0.3 is 10.6 Å². The van der Waals surface area contributed by atoms with E-state index in [4.69, 9.17) is 0 Å². The number of benzene rings is 1. The summed E-state index contributed by atoms with van der Waals surface area (Å²) in [6, 6.07) is 7.65. The zero-order valence-electron chi connectivity index (χ0n) is 14.2. The van der Waals surface area contributed by atoms with Crippen molar-refractivity contribution in [1.82, 2.24) is 15.0 Å². The minimum Gasteiger partial charge on any atom is -0.354 e. The molecule has 3 aromatic rings. The van der Waals surface area contributed by atoms with E-state index in [1.54, 1.807) is 24.5 Å². The average Bonchev–Trinajstić information content (AvgIpc) is 2.63. The molecule has 0 radical (unpaired) electrons. The van der Waals surface area contributed by atoms with Gasteiger partial charge in [-0.3, -0.25) is 4.98 Å². The first-order valence-corrected chi connectivity index (χ1v) is 8.04. The molecule has 0 bridgehead atoms. The van der Waals surface area contributed by atoms with E-state index < -0.39 is 23.2 Å². The molecule has 2 aromatic heterocycles. The second kappa shape index (κ2) is 7.56. The first-order chi connectivity index (χ1) is 12.9. The second-order valence-corrected chi connectivity index (χ2v) is 5.52. The van der Waals surface area contributed by atoms with E-state index in [0.717, 1.165) is 18.2 Å². The van der Waals surface area contributed by atoms with E-state index in [2.05, 4.69) is 25.6 Å². The lowest BCUT2D eigenvalue weighted by atomic mass is 10.1. The Bertz CT molecular complexity index is 929. The zero-order valence-corrected chi connectivity index (χ0v) is 14.2. The van der Waals surface area contributed by atoms with Gasteiger partial charge in [0.05, 0.1) is 16.9 Å². The van der Waals surface area contributed by atoms with Crippen LogP contribution in [-0.2, 0) is 6.18 Å². The number of hydrogen-bond donors (Lipinski definition) is 2. The fourth-order valence-corrected chi connectivity index (χ4v) is 2.43. The quantitative estimate of drug-likeness (QED) is 0.621. The number of aromatic nitrogens is 3. The summed E-state index contributed by atoms with van der Waals surface area (Å²) in [6.07, 6.45) is -1.57. The summed E-state index contributed by atoms with van der Waals surface area (Å²) in [7, 11) is 0. The Labute approximate surface area is 152 Å². The number of pyridine rings is 1. The van der Waals surface area contributed by atoms with Gasteiger partial charge >= 0.3 is 6.18 Å². The van der Waals surface area contributed by atoms with Crippen LogP contribution in [0.4, 0.5) is 35.0 Å². The Morgan fingerprint density at radius 2 is 1.89 bits per heavy atom. The van der Waals surface area contributed by atoms with Crippen LogP contribution in [0.3, 0.4) is 0 Å². The predicted molar refractivity (Wildman–Crippen MR) is 94.1 cm³/mol. The van der Waals surface area contributed by atoms with Gasteiger partial charge in [0, 0.05) is 30.6 Å². The number of alkyl halides is 3. The van der Waals surface area contributed by atoms with Crippen molar-refractivity contribution in [2.75, 3.05) is 17.2 Å². The zero-order chi connectivity index (χ0) is 19.4. The molecule has 0 aliphatic heterocycles. The summed E-state index contributed by atoms with van der Waals surface area (Å²) in [4.78, 5) is 12.4. The number of hydrogen-bond acceptors (Lipinski definition) is 5. The highest BCUT2D eigenvalue weighted by atomic mass is 19.4. The molecule has 9 heteroatoms. The highest BCUT2D eigenvalue weighted by Crippen LogP contribution is 2.37.